The summed E-state index contributed by atoms with van der Waals surface area (Å²) in [5, 5.41) is 6.84. The minimum Gasteiger partial charge on any atom is -0.379 e. The van der Waals surface area contributed by atoms with Crippen LogP contribution in [-0.2, 0) is 4.79 Å². The van der Waals surface area contributed by atoms with Gasteiger partial charge in [0.25, 0.3) is 0 Å². The van der Waals surface area contributed by atoms with E-state index in [-0.39, 0.29) is 24.1 Å². The molecule has 6 nitrogen and oxygen atoms in total. The quantitative estimate of drug-likeness (QED) is 0.299. The van der Waals surface area contributed by atoms with Crippen LogP contribution >= 0.6 is 11.6 Å². The van der Waals surface area contributed by atoms with Gasteiger partial charge in [0, 0.05) is 28.9 Å². The van der Waals surface area contributed by atoms with Crippen molar-refractivity contribution in [1.82, 2.24) is 10.2 Å². The number of halogens is 1. The summed E-state index contributed by atoms with van der Waals surface area (Å²) in [6, 6.07) is 22.9. The fourth-order valence-electron chi connectivity index (χ4n) is 4.06. The van der Waals surface area contributed by atoms with Crippen LogP contribution in [-0.4, -0.2) is 36.1 Å². The molecule has 1 unspecified atom stereocenters. The van der Waals surface area contributed by atoms with Gasteiger partial charge in [-0.3, -0.25) is 14.5 Å². The van der Waals surface area contributed by atoms with E-state index in [4.69, 9.17) is 11.6 Å². The average Bonchev–Trinajstić information content (AvgIpc) is 2.89. The minimum absolute atomic E-state index is 0.110. The van der Waals surface area contributed by atoms with Crippen molar-refractivity contribution in [1.29, 1.82) is 0 Å². The lowest BCUT2D eigenvalue weighted by molar-refractivity contribution is -0.114. The molecule has 0 saturated carbocycles. The Balaban J connectivity index is 1.49. The molecular formula is C29H26ClN3O3. The number of anilines is 1. The highest BCUT2D eigenvalue weighted by atomic mass is 35.5. The molecule has 1 atom stereocenters. The van der Waals surface area contributed by atoms with E-state index in [0.717, 1.165) is 16.8 Å². The average molecular weight is 500 g/mol. The standard InChI is InChI=1S/C29H26ClN3O3/c1-19(34)27-25(33(2)29(36)32-28(27)22-6-4-3-5-7-22)18-31-24-15-11-21(12-16-24)26(35)17-10-20-8-13-23(30)14-9-20/h3-17,28,31H,18H2,1-2H3,(H,32,36)/b17-10+. The summed E-state index contributed by atoms with van der Waals surface area (Å²) in [6.45, 7) is 1.78. The molecule has 1 heterocycles. The maximum absolute atomic E-state index is 12.7. The number of benzene rings is 3. The molecule has 0 fully saturated rings. The first-order valence-electron chi connectivity index (χ1n) is 11.5. The number of nitrogens with one attached hydrogen (secondary N) is 2. The second-order valence-corrected chi connectivity index (χ2v) is 8.89. The van der Waals surface area contributed by atoms with Gasteiger partial charge in [0.2, 0.25) is 0 Å². The topological polar surface area (TPSA) is 78.5 Å². The van der Waals surface area contributed by atoms with Crippen molar-refractivity contribution in [2.24, 2.45) is 0 Å². The first kappa shape index (κ1) is 24.9. The molecule has 2 amide bonds. The highest BCUT2D eigenvalue weighted by Gasteiger charge is 2.34. The molecule has 3 aromatic rings. The predicted molar refractivity (Wildman–Crippen MR) is 143 cm³/mol. The molecule has 0 spiro atoms. The van der Waals surface area contributed by atoms with E-state index in [2.05, 4.69) is 10.6 Å². The Labute approximate surface area is 215 Å². The second kappa shape index (κ2) is 11.1. The molecule has 4 rings (SSSR count). The van der Waals surface area contributed by atoms with Crippen LogP contribution in [0.1, 0.15) is 34.5 Å². The summed E-state index contributed by atoms with van der Waals surface area (Å²) in [4.78, 5) is 39.3. The molecule has 7 heteroatoms. The summed E-state index contributed by atoms with van der Waals surface area (Å²) in [5.74, 6) is -0.228. The molecule has 182 valence electrons. The number of rotatable bonds is 8. The second-order valence-electron chi connectivity index (χ2n) is 8.45. The summed E-state index contributed by atoms with van der Waals surface area (Å²) < 4.78 is 0. The van der Waals surface area contributed by atoms with Gasteiger partial charge in [-0.15, -0.1) is 0 Å². The Morgan fingerprint density at radius 3 is 2.31 bits per heavy atom. The van der Waals surface area contributed by atoms with E-state index in [9.17, 15) is 14.4 Å². The molecule has 0 bridgehead atoms. The van der Waals surface area contributed by atoms with E-state index >= 15 is 0 Å². The number of carbonyl (C=O) groups is 3. The summed E-state index contributed by atoms with van der Waals surface area (Å²) >= 11 is 5.90. The summed E-state index contributed by atoms with van der Waals surface area (Å²) in [6.07, 6.45) is 3.27. The number of hydrogen-bond donors (Lipinski definition) is 2. The zero-order valence-corrected chi connectivity index (χ0v) is 20.8. The molecule has 0 aliphatic carbocycles. The largest absolute Gasteiger partial charge is 0.379 e. The fraction of sp³-hybridized carbons (Fsp3) is 0.138. The molecule has 0 radical (unpaired) electrons. The highest BCUT2D eigenvalue weighted by Crippen LogP contribution is 2.30. The lowest BCUT2D eigenvalue weighted by Crippen LogP contribution is -2.47. The minimum atomic E-state index is -0.517. The van der Waals surface area contributed by atoms with Crippen LogP contribution < -0.4 is 10.6 Å². The molecule has 1 aliphatic heterocycles. The number of urea groups is 1. The van der Waals surface area contributed by atoms with Gasteiger partial charge in [-0.1, -0.05) is 60.1 Å². The van der Waals surface area contributed by atoms with Gasteiger partial charge in [-0.25, -0.2) is 4.79 Å². The van der Waals surface area contributed by atoms with Gasteiger partial charge >= 0.3 is 6.03 Å². The van der Waals surface area contributed by atoms with Gasteiger partial charge in [-0.2, -0.15) is 0 Å². The van der Waals surface area contributed by atoms with Crippen LogP contribution in [0.2, 0.25) is 5.02 Å². The number of hydrogen-bond acceptors (Lipinski definition) is 4. The third-order valence-electron chi connectivity index (χ3n) is 6.02. The van der Waals surface area contributed by atoms with Gasteiger partial charge in [0.15, 0.2) is 11.6 Å². The van der Waals surface area contributed by atoms with E-state index in [1.165, 1.54) is 17.9 Å². The van der Waals surface area contributed by atoms with Crippen molar-refractivity contribution in [3.8, 4) is 0 Å². The molecule has 2 N–H and O–H groups in total. The van der Waals surface area contributed by atoms with Crippen molar-refractivity contribution in [3.05, 3.63) is 118 Å². The number of ketones is 2. The molecule has 3 aromatic carbocycles. The Hall–Kier alpha value is -4.16. The van der Waals surface area contributed by atoms with E-state index in [0.29, 0.717) is 21.9 Å². The molecule has 0 saturated heterocycles. The monoisotopic (exact) mass is 499 g/mol. The lowest BCUT2D eigenvalue weighted by atomic mass is 9.92. The molecular weight excluding hydrogens is 474 g/mol. The van der Waals surface area contributed by atoms with Crippen molar-refractivity contribution in [2.75, 3.05) is 18.9 Å². The van der Waals surface area contributed by atoms with Crippen LogP contribution in [0, 0.1) is 0 Å². The Morgan fingerprint density at radius 1 is 1.00 bits per heavy atom. The van der Waals surface area contributed by atoms with Crippen LogP contribution in [0.25, 0.3) is 6.08 Å². The number of carbonyl (C=O) groups excluding carboxylic acids is 3. The molecule has 36 heavy (non-hydrogen) atoms. The lowest BCUT2D eigenvalue weighted by Gasteiger charge is -2.35. The van der Waals surface area contributed by atoms with Crippen molar-refractivity contribution in [2.45, 2.75) is 13.0 Å². The molecule has 1 aliphatic rings. The first-order chi connectivity index (χ1) is 17.3. The third-order valence-corrected chi connectivity index (χ3v) is 6.27. The van der Waals surface area contributed by atoms with Gasteiger partial charge in [0.1, 0.15) is 0 Å². The smallest absolute Gasteiger partial charge is 0.322 e. The highest BCUT2D eigenvalue weighted by molar-refractivity contribution is 6.30. The van der Waals surface area contributed by atoms with Crippen molar-refractivity contribution >= 4 is 41.0 Å². The number of nitrogens with zero attached hydrogens (tertiary/aromatic N) is 1. The Morgan fingerprint density at radius 2 is 1.67 bits per heavy atom. The number of allylic oxidation sites excluding steroid dienone is 1. The number of amides is 2. The maximum Gasteiger partial charge on any atom is 0.322 e. The van der Waals surface area contributed by atoms with Crippen molar-refractivity contribution in [3.63, 3.8) is 0 Å². The third kappa shape index (κ3) is 5.73. The van der Waals surface area contributed by atoms with Gasteiger partial charge in [-0.05, 0) is 60.5 Å². The van der Waals surface area contributed by atoms with Crippen LogP contribution in [0.15, 0.2) is 96.2 Å². The summed E-state index contributed by atoms with van der Waals surface area (Å²) in [5.41, 5.74) is 4.18. The van der Waals surface area contributed by atoms with Crippen molar-refractivity contribution < 1.29 is 14.4 Å². The predicted octanol–water partition coefficient (Wildman–Crippen LogP) is 5.89. The first-order valence-corrected chi connectivity index (χ1v) is 11.9. The van der Waals surface area contributed by atoms with Crippen LogP contribution in [0.4, 0.5) is 10.5 Å². The summed E-state index contributed by atoms with van der Waals surface area (Å²) in [7, 11) is 1.64. The fourth-order valence-corrected chi connectivity index (χ4v) is 4.18. The maximum atomic E-state index is 12.7. The van der Waals surface area contributed by atoms with Gasteiger partial charge < -0.3 is 10.6 Å². The Bertz CT molecular complexity index is 1330. The number of Topliss-reactive ketones (excluding diaryl/α,β-unsaturated/α-hetero) is 1. The SMILES string of the molecule is CC(=O)C1=C(CNc2ccc(C(=O)/C=C/c3ccc(Cl)cc3)cc2)N(C)C(=O)NC1c1ccccc1. The van der Waals surface area contributed by atoms with Gasteiger partial charge in [0.05, 0.1) is 18.3 Å². The zero-order chi connectivity index (χ0) is 25.7. The normalized spacial score (nSPS) is 15.7. The van der Waals surface area contributed by atoms with E-state index < -0.39 is 6.04 Å². The zero-order valence-electron chi connectivity index (χ0n) is 20.0. The number of likely N-dealkylation sites (N-methyl/N-ethyl adjacent to an activating group) is 1. The van der Waals surface area contributed by atoms with E-state index in [1.807, 2.05) is 42.5 Å². The van der Waals surface area contributed by atoms with Crippen LogP contribution in [0.5, 0.6) is 0 Å². The van der Waals surface area contributed by atoms with Crippen LogP contribution in [0.3, 0.4) is 0 Å². The van der Waals surface area contributed by atoms with E-state index in [1.54, 1.807) is 49.5 Å². The Kier molecular flexibility index (Phi) is 7.66. The molecule has 0 aromatic heterocycles.